The summed E-state index contributed by atoms with van der Waals surface area (Å²) in [7, 11) is 0. The van der Waals surface area contributed by atoms with Crippen molar-refractivity contribution in [1.82, 2.24) is 15.2 Å². The minimum atomic E-state index is -0.323. The zero-order valence-corrected chi connectivity index (χ0v) is 10.2. The van der Waals surface area contributed by atoms with Gasteiger partial charge in [0.25, 0.3) is 5.91 Å². The molecule has 0 aromatic carbocycles. The van der Waals surface area contributed by atoms with Crippen molar-refractivity contribution in [3.63, 3.8) is 0 Å². The molecule has 6 nitrogen and oxygen atoms in total. The summed E-state index contributed by atoms with van der Waals surface area (Å²) in [6.45, 7) is 3.44. The molecule has 2 heterocycles. The first kappa shape index (κ1) is 12.1. The van der Waals surface area contributed by atoms with Crippen LogP contribution < -0.4 is 5.32 Å². The quantitative estimate of drug-likeness (QED) is 0.718. The van der Waals surface area contributed by atoms with E-state index in [1.54, 1.807) is 6.07 Å². The molecule has 1 amide bonds. The monoisotopic (exact) mass is 246 g/mol. The van der Waals surface area contributed by atoms with Gasteiger partial charge in [0.1, 0.15) is 5.69 Å². The number of ketones is 1. The molecule has 0 saturated heterocycles. The summed E-state index contributed by atoms with van der Waals surface area (Å²) in [5.74, 6) is 0.0609. The SMILES string of the molecule is CCc1cc(NC(=O)c2cc(C(C)=O)c[nH]2)n[nH]1. The average Bonchev–Trinajstić information content (AvgIpc) is 2.97. The van der Waals surface area contributed by atoms with Crippen LogP contribution in [-0.2, 0) is 6.42 Å². The van der Waals surface area contributed by atoms with Crippen molar-refractivity contribution in [3.05, 3.63) is 35.3 Å². The lowest BCUT2D eigenvalue weighted by Crippen LogP contribution is -2.12. The van der Waals surface area contributed by atoms with E-state index in [9.17, 15) is 9.59 Å². The molecule has 0 saturated carbocycles. The minimum absolute atomic E-state index is 0.0849. The van der Waals surface area contributed by atoms with E-state index >= 15 is 0 Å². The summed E-state index contributed by atoms with van der Waals surface area (Å²) in [6, 6.07) is 3.29. The van der Waals surface area contributed by atoms with Gasteiger partial charge in [-0.1, -0.05) is 6.92 Å². The third-order valence-corrected chi connectivity index (χ3v) is 2.59. The smallest absolute Gasteiger partial charge is 0.273 e. The fourth-order valence-corrected chi connectivity index (χ4v) is 1.52. The number of rotatable bonds is 4. The second-order valence-electron chi connectivity index (χ2n) is 3.94. The molecule has 0 fully saturated rings. The zero-order chi connectivity index (χ0) is 13.1. The van der Waals surface area contributed by atoms with E-state index in [0.29, 0.717) is 17.1 Å². The molecule has 2 rings (SSSR count). The Kier molecular flexibility index (Phi) is 3.27. The van der Waals surface area contributed by atoms with Gasteiger partial charge in [-0.3, -0.25) is 14.7 Å². The highest BCUT2D eigenvalue weighted by molar-refractivity contribution is 6.04. The van der Waals surface area contributed by atoms with Crippen LogP contribution in [-0.4, -0.2) is 26.9 Å². The van der Waals surface area contributed by atoms with Crippen LogP contribution in [0, 0.1) is 0 Å². The molecule has 2 aromatic heterocycles. The van der Waals surface area contributed by atoms with Gasteiger partial charge in [0, 0.05) is 23.5 Å². The fourth-order valence-electron chi connectivity index (χ4n) is 1.52. The summed E-state index contributed by atoms with van der Waals surface area (Å²) in [5.41, 5.74) is 1.76. The molecule has 94 valence electrons. The largest absolute Gasteiger partial charge is 0.356 e. The second-order valence-corrected chi connectivity index (χ2v) is 3.94. The highest BCUT2D eigenvalue weighted by Crippen LogP contribution is 2.09. The Hall–Kier alpha value is -2.37. The van der Waals surface area contributed by atoms with Crippen molar-refractivity contribution in [2.45, 2.75) is 20.3 Å². The van der Waals surface area contributed by atoms with E-state index in [1.807, 2.05) is 6.92 Å². The van der Waals surface area contributed by atoms with Crippen LogP contribution >= 0.6 is 0 Å². The highest BCUT2D eigenvalue weighted by Gasteiger charge is 2.12. The predicted octanol–water partition coefficient (Wildman–Crippen LogP) is 1.76. The molecule has 2 aromatic rings. The maximum absolute atomic E-state index is 11.8. The van der Waals surface area contributed by atoms with Crippen LogP contribution in [0.25, 0.3) is 0 Å². The van der Waals surface area contributed by atoms with Gasteiger partial charge in [-0.05, 0) is 19.4 Å². The van der Waals surface area contributed by atoms with E-state index in [2.05, 4.69) is 20.5 Å². The molecule has 0 aliphatic carbocycles. The number of Topliss-reactive ketones (excluding diaryl/α,β-unsaturated/α-hetero) is 1. The molecule has 0 spiro atoms. The van der Waals surface area contributed by atoms with Crippen molar-refractivity contribution in [3.8, 4) is 0 Å². The Morgan fingerprint density at radius 2 is 2.17 bits per heavy atom. The van der Waals surface area contributed by atoms with Gasteiger partial charge in [0.15, 0.2) is 11.6 Å². The van der Waals surface area contributed by atoms with E-state index in [-0.39, 0.29) is 11.7 Å². The third kappa shape index (κ3) is 2.48. The van der Waals surface area contributed by atoms with Gasteiger partial charge in [0.2, 0.25) is 0 Å². The Morgan fingerprint density at radius 1 is 1.39 bits per heavy atom. The Bertz CT molecular complexity index is 582. The molecular formula is C12H14N4O2. The molecule has 0 aliphatic rings. The number of hydrogen-bond donors (Lipinski definition) is 3. The first-order valence-corrected chi connectivity index (χ1v) is 5.65. The molecule has 0 bridgehead atoms. The number of amides is 1. The average molecular weight is 246 g/mol. The number of aryl methyl sites for hydroxylation is 1. The molecule has 6 heteroatoms. The number of hydrogen-bond acceptors (Lipinski definition) is 3. The van der Waals surface area contributed by atoms with E-state index < -0.39 is 0 Å². The van der Waals surface area contributed by atoms with Gasteiger partial charge >= 0.3 is 0 Å². The number of carbonyl (C=O) groups excluding carboxylic acids is 2. The van der Waals surface area contributed by atoms with E-state index in [0.717, 1.165) is 12.1 Å². The summed E-state index contributed by atoms with van der Waals surface area (Å²) in [5, 5.41) is 9.40. The fraction of sp³-hybridized carbons (Fsp3) is 0.250. The van der Waals surface area contributed by atoms with Gasteiger partial charge in [-0.25, -0.2) is 0 Å². The molecule has 3 N–H and O–H groups in total. The maximum Gasteiger partial charge on any atom is 0.273 e. The number of anilines is 1. The van der Waals surface area contributed by atoms with Crippen molar-refractivity contribution in [2.24, 2.45) is 0 Å². The summed E-state index contributed by atoms with van der Waals surface area (Å²) < 4.78 is 0. The number of carbonyl (C=O) groups is 2. The topological polar surface area (TPSA) is 90.6 Å². The van der Waals surface area contributed by atoms with Crippen LogP contribution in [0.15, 0.2) is 18.3 Å². The lowest BCUT2D eigenvalue weighted by molar-refractivity contribution is 0.101. The number of H-pyrrole nitrogens is 2. The van der Waals surface area contributed by atoms with Crippen molar-refractivity contribution < 1.29 is 9.59 Å². The van der Waals surface area contributed by atoms with Gasteiger partial charge < -0.3 is 10.3 Å². The van der Waals surface area contributed by atoms with Crippen LogP contribution in [0.4, 0.5) is 5.82 Å². The van der Waals surface area contributed by atoms with Gasteiger partial charge in [-0.2, -0.15) is 5.10 Å². The van der Waals surface area contributed by atoms with Crippen LogP contribution in [0.5, 0.6) is 0 Å². The number of aromatic amines is 2. The Morgan fingerprint density at radius 3 is 2.72 bits per heavy atom. The maximum atomic E-state index is 11.8. The van der Waals surface area contributed by atoms with Gasteiger partial charge in [0.05, 0.1) is 0 Å². The predicted molar refractivity (Wildman–Crippen MR) is 66.7 cm³/mol. The summed E-state index contributed by atoms with van der Waals surface area (Å²) in [4.78, 5) is 25.7. The second kappa shape index (κ2) is 4.87. The number of nitrogens with one attached hydrogen (secondary N) is 3. The first-order valence-electron chi connectivity index (χ1n) is 5.65. The normalized spacial score (nSPS) is 10.3. The number of nitrogens with zero attached hydrogens (tertiary/aromatic N) is 1. The number of aromatic nitrogens is 3. The van der Waals surface area contributed by atoms with Crippen LogP contribution in [0.2, 0.25) is 0 Å². The van der Waals surface area contributed by atoms with E-state index in [1.165, 1.54) is 19.2 Å². The first-order chi connectivity index (χ1) is 8.60. The van der Waals surface area contributed by atoms with Crippen molar-refractivity contribution >= 4 is 17.5 Å². The third-order valence-electron chi connectivity index (χ3n) is 2.59. The van der Waals surface area contributed by atoms with E-state index in [4.69, 9.17) is 0 Å². The van der Waals surface area contributed by atoms with Crippen molar-refractivity contribution in [1.29, 1.82) is 0 Å². The highest BCUT2D eigenvalue weighted by atomic mass is 16.2. The minimum Gasteiger partial charge on any atom is -0.356 e. The lowest BCUT2D eigenvalue weighted by atomic mass is 10.2. The molecule has 0 aliphatic heterocycles. The molecule has 0 atom stereocenters. The zero-order valence-electron chi connectivity index (χ0n) is 10.2. The van der Waals surface area contributed by atoms with Crippen molar-refractivity contribution in [2.75, 3.05) is 5.32 Å². The Balaban J connectivity index is 2.09. The lowest BCUT2D eigenvalue weighted by Gasteiger charge is -1.97. The van der Waals surface area contributed by atoms with Crippen LogP contribution in [0.1, 0.15) is 40.4 Å². The summed E-state index contributed by atoms with van der Waals surface area (Å²) >= 11 is 0. The van der Waals surface area contributed by atoms with Gasteiger partial charge in [-0.15, -0.1) is 0 Å². The Labute approximate surface area is 104 Å². The molecular weight excluding hydrogens is 232 g/mol. The molecule has 0 radical (unpaired) electrons. The molecule has 0 unspecified atom stereocenters. The standard InChI is InChI=1S/C12H14N4O2/c1-3-9-5-11(16-15-9)14-12(18)10-4-8(6-13-10)7(2)17/h4-6,13H,3H2,1-2H3,(H2,14,15,16,18). The van der Waals surface area contributed by atoms with Crippen LogP contribution in [0.3, 0.4) is 0 Å². The summed E-state index contributed by atoms with van der Waals surface area (Å²) in [6.07, 6.45) is 2.33. The molecule has 18 heavy (non-hydrogen) atoms.